The van der Waals surface area contributed by atoms with Gasteiger partial charge in [-0.2, -0.15) is 0 Å². The molecular weight excluding hydrogens is 267 g/mol. The molecule has 0 spiro atoms. The molecule has 0 bridgehead atoms. The molecule has 2 heterocycles. The predicted molar refractivity (Wildman–Crippen MR) is 82.6 cm³/mol. The van der Waals surface area contributed by atoms with Gasteiger partial charge in [0.2, 0.25) is 5.88 Å². The molecule has 0 saturated heterocycles. The van der Waals surface area contributed by atoms with Crippen molar-refractivity contribution < 1.29 is 9.13 Å². The van der Waals surface area contributed by atoms with E-state index in [-0.39, 0.29) is 0 Å². The number of hydrogen-bond acceptors (Lipinski definition) is 3. The van der Waals surface area contributed by atoms with Crippen molar-refractivity contribution in [2.45, 2.75) is 19.5 Å². The van der Waals surface area contributed by atoms with Gasteiger partial charge in [-0.05, 0) is 53.3 Å². The van der Waals surface area contributed by atoms with Gasteiger partial charge in [0.05, 0.1) is 7.11 Å². The molecule has 2 aromatic rings. The highest BCUT2D eigenvalue weighted by Gasteiger charge is 2.17. The molecule has 0 radical (unpaired) electrons. The van der Waals surface area contributed by atoms with Crippen molar-refractivity contribution in [2.24, 2.45) is 0 Å². The number of hydrogen-bond donors (Lipinski definition) is 0. The van der Waals surface area contributed by atoms with Crippen LogP contribution >= 0.6 is 0 Å². The molecule has 110 valence electrons. The first-order valence-corrected chi connectivity index (χ1v) is 7.16. The Morgan fingerprint density at radius 1 is 1.33 bits per heavy atom. The van der Waals surface area contributed by atoms with Crippen LogP contribution < -0.4 is 9.64 Å². The molecule has 1 aromatic carbocycles. The van der Waals surface area contributed by atoms with Crippen LogP contribution in [-0.4, -0.2) is 25.7 Å². The highest BCUT2D eigenvalue weighted by molar-refractivity contribution is 5.73. The summed E-state index contributed by atoms with van der Waals surface area (Å²) in [5.41, 5.74) is 5.04. The number of halogens is 1. The first-order valence-electron chi connectivity index (χ1n) is 7.16. The molecule has 3 nitrogen and oxygen atoms in total. The van der Waals surface area contributed by atoms with Crippen molar-refractivity contribution in [3.05, 3.63) is 41.6 Å². The third-order valence-electron chi connectivity index (χ3n) is 4.05. The average Bonchev–Trinajstić information content (AvgIpc) is 2.54. The minimum Gasteiger partial charge on any atom is -0.481 e. The zero-order valence-corrected chi connectivity index (χ0v) is 12.4. The van der Waals surface area contributed by atoms with E-state index in [4.69, 9.17) is 4.74 Å². The summed E-state index contributed by atoms with van der Waals surface area (Å²) in [6, 6.07) is 7.86. The molecule has 0 atom stereocenters. The van der Waals surface area contributed by atoms with Crippen molar-refractivity contribution in [1.82, 2.24) is 4.98 Å². The summed E-state index contributed by atoms with van der Waals surface area (Å²) in [5, 5.41) is 0. The number of rotatable bonds is 3. The van der Waals surface area contributed by atoms with Crippen molar-refractivity contribution in [3.8, 4) is 17.0 Å². The Kier molecular flexibility index (Phi) is 3.78. The van der Waals surface area contributed by atoms with Gasteiger partial charge in [0.1, 0.15) is 6.67 Å². The molecule has 1 aromatic heterocycles. The zero-order valence-electron chi connectivity index (χ0n) is 12.4. The van der Waals surface area contributed by atoms with E-state index < -0.39 is 6.67 Å². The molecule has 0 fully saturated rings. The van der Waals surface area contributed by atoms with Crippen LogP contribution in [0.15, 0.2) is 30.5 Å². The van der Waals surface area contributed by atoms with Gasteiger partial charge in [0.25, 0.3) is 0 Å². The van der Waals surface area contributed by atoms with Crippen LogP contribution in [0.3, 0.4) is 0 Å². The molecule has 0 aliphatic carbocycles. The SMILES string of the molecule is COc1cc(-c2cc3c(cc2CF)N(C)CCC3)ccn1. The fourth-order valence-corrected chi connectivity index (χ4v) is 2.93. The van der Waals surface area contributed by atoms with Crippen molar-refractivity contribution in [3.63, 3.8) is 0 Å². The number of methoxy groups -OCH3 is 1. The van der Waals surface area contributed by atoms with E-state index >= 15 is 0 Å². The largest absolute Gasteiger partial charge is 0.481 e. The van der Waals surface area contributed by atoms with Gasteiger partial charge in [0, 0.05) is 31.5 Å². The number of nitrogens with zero attached hydrogens (tertiary/aromatic N) is 2. The molecule has 0 N–H and O–H groups in total. The quantitative estimate of drug-likeness (QED) is 0.862. The number of ether oxygens (including phenoxy) is 1. The van der Waals surface area contributed by atoms with E-state index in [0.29, 0.717) is 5.88 Å². The molecular formula is C17H19FN2O. The van der Waals surface area contributed by atoms with E-state index in [1.54, 1.807) is 13.3 Å². The van der Waals surface area contributed by atoms with E-state index in [1.165, 1.54) is 5.56 Å². The summed E-state index contributed by atoms with van der Waals surface area (Å²) in [6.45, 7) is 0.558. The third kappa shape index (κ3) is 2.58. The van der Waals surface area contributed by atoms with Crippen LogP contribution in [0.25, 0.3) is 11.1 Å². The number of benzene rings is 1. The summed E-state index contributed by atoms with van der Waals surface area (Å²) in [7, 11) is 3.65. The van der Waals surface area contributed by atoms with Gasteiger partial charge in [-0.25, -0.2) is 9.37 Å². The van der Waals surface area contributed by atoms with Crippen LogP contribution in [0.4, 0.5) is 10.1 Å². The van der Waals surface area contributed by atoms with Crippen LogP contribution in [0.1, 0.15) is 17.5 Å². The smallest absolute Gasteiger partial charge is 0.213 e. The lowest BCUT2D eigenvalue weighted by atomic mass is 9.93. The lowest BCUT2D eigenvalue weighted by Crippen LogP contribution is -2.24. The Morgan fingerprint density at radius 2 is 2.19 bits per heavy atom. The van der Waals surface area contributed by atoms with Gasteiger partial charge in [-0.1, -0.05) is 0 Å². The molecule has 1 aliphatic heterocycles. The van der Waals surface area contributed by atoms with Gasteiger partial charge in [-0.3, -0.25) is 0 Å². The third-order valence-corrected chi connectivity index (χ3v) is 4.05. The Labute approximate surface area is 124 Å². The van der Waals surface area contributed by atoms with Gasteiger partial charge in [-0.15, -0.1) is 0 Å². The first-order chi connectivity index (χ1) is 10.2. The first kappa shape index (κ1) is 13.9. The molecule has 1 aliphatic rings. The van der Waals surface area contributed by atoms with Gasteiger partial charge in [0.15, 0.2) is 0 Å². The fourth-order valence-electron chi connectivity index (χ4n) is 2.93. The maximum Gasteiger partial charge on any atom is 0.213 e. The highest BCUT2D eigenvalue weighted by atomic mass is 19.1. The highest BCUT2D eigenvalue weighted by Crippen LogP contribution is 2.35. The molecule has 4 heteroatoms. The fraction of sp³-hybridized carbons (Fsp3) is 0.353. The number of alkyl halides is 1. The predicted octanol–water partition coefficient (Wildman–Crippen LogP) is 3.61. The minimum atomic E-state index is -0.471. The summed E-state index contributed by atoms with van der Waals surface area (Å²) < 4.78 is 18.7. The second-order valence-corrected chi connectivity index (χ2v) is 5.38. The number of fused-ring (bicyclic) bond motifs is 1. The molecule has 3 rings (SSSR count). The summed E-state index contributed by atoms with van der Waals surface area (Å²) in [5.74, 6) is 0.548. The molecule has 21 heavy (non-hydrogen) atoms. The van der Waals surface area contributed by atoms with E-state index in [2.05, 4.69) is 23.0 Å². The Bertz CT molecular complexity index is 657. The maximum absolute atomic E-state index is 13.5. The Hall–Kier alpha value is -2.10. The van der Waals surface area contributed by atoms with E-state index in [9.17, 15) is 4.39 Å². The summed E-state index contributed by atoms with van der Waals surface area (Å²) in [6.07, 6.45) is 3.88. The number of pyridine rings is 1. The molecule has 0 amide bonds. The van der Waals surface area contributed by atoms with Gasteiger partial charge < -0.3 is 9.64 Å². The average molecular weight is 286 g/mol. The van der Waals surface area contributed by atoms with Crippen LogP contribution in [0.2, 0.25) is 0 Å². The Morgan fingerprint density at radius 3 is 2.95 bits per heavy atom. The maximum atomic E-state index is 13.5. The monoisotopic (exact) mass is 286 g/mol. The zero-order chi connectivity index (χ0) is 14.8. The lowest BCUT2D eigenvalue weighted by molar-refractivity contribution is 0.398. The minimum absolute atomic E-state index is 0.471. The van der Waals surface area contributed by atoms with Crippen molar-refractivity contribution >= 4 is 5.69 Å². The Balaban J connectivity index is 2.13. The van der Waals surface area contributed by atoms with Crippen molar-refractivity contribution in [1.29, 1.82) is 0 Å². The second-order valence-electron chi connectivity index (χ2n) is 5.38. The van der Waals surface area contributed by atoms with E-state index in [1.807, 2.05) is 18.2 Å². The van der Waals surface area contributed by atoms with E-state index in [0.717, 1.165) is 41.8 Å². The second kappa shape index (κ2) is 5.72. The molecule has 0 saturated carbocycles. The lowest BCUT2D eigenvalue weighted by Gasteiger charge is -2.29. The number of aromatic nitrogens is 1. The van der Waals surface area contributed by atoms with Crippen LogP contribution in [0.5, 0.6) is 5.88 Å². The van der Waals surface area contributed by atoms with Crippen molar-refractivity contribution in [2.75, 3.05) is 25.6 Å². The number of aryl methyl sites for hydroxylation is 1. The molecule has 0 unspecified atom stereocenters. The normalized spacial score (nSPS) is 14.0. The van der Waals surface area contributed by atoms with Crippen LogP contribution in [-0.2, 0) is 13.1 Å². The topological polar surface area (TPSA) is 25.4 Å². The van der Waals surface area contributed by atoms with Crippen LogP contribution in [0, 0.1) is 0 Å². The summed E-state index contributed by atoms with van der Waals surface area (Å²) >= 11 is 0. The standard InChI is InChI=1S/C17H19FN2O/c1-20-7-3-4-13-8-15(14(11-18)9-16(13)20)12-5-6-19-17(10-12)21-2/h5-6,8-10H,3-4,7,11H2,1-2H3. The number of anilines is 1. The van der Waals surface area contributed by atoms with Gasteiger partial charge >= 0.3 is 0 Å². The summed E-state index contributed by atoms with van der Waals surface area (Å²) in [4.78, 5) is 6.32.